The molecule has 0 saturated carbocycles. The average molecular weight is 494 g/mol. The van der Waals surface area contributed by atoms with E-state index in [1.165, 1.54) is 8.61 Å². The summed E-state index contributed by atoms with van der Waals surface area (Å²) in [6.45, 7) is 4.53. The van der Waals surface area contributed by atoms with Gasteiger partial charge in [0.25, 0.3) is 0 Å². The number of carbonyl (C=O) groups excluding carboxylic acids is 1. The van der Waals surface area contributed by atoms with Crippen molar-refractivity contribution in [1.82, 2.24) is 18.8 Å². The van der Waals surface area contributed by atoms with Gasteiger partial charge < -0.3 is 4.90 Å². The van der Waals surface area contributed by atoms with Crippen molar-refractivity contribution in [3.05, 3.63) is 34.6 Å². The first kappa shape index (κ1) is 22.5. The highest BCUT2D eigenvalue weighted by Gasteiger charge is 2.36. The molecule has 1 N–H and O–H groups in total. The van der Waals surface area contributed by atoms with Crippen LogP contribution in [-0.2, 0) is 37.7 Å². The summed E-state index contributed by atoms with van der Waals surface area (Å²) < 4.78 is 56.2. The van der Waals surface area contributed by atoms with Crippen molar-refractivity contribution in [3.63, 3.8) is 0 Å². The second kappa shape index (κ2) is 7.90. The number of sulfonamides is 2. The van der Waals surface area contributed by atoms with Gasteiger partial charge in [-0.1, -0.05) is 0 Å². The summed E-state index contributed by atoms with van der Waals surface area (Å²) in [4.78, 5) is 14.3. The van der Waals surface area contributed by atoms with E-state index in [1.54, 1.807) is 30.9 Å². The van der Waals surface area contributed by atoms with Crippen LogP contribution in [0.5, 0.6) is 0 Å². The lowest BCUT2D eigenvalue weighted by Crippen LogP contribution is -2.37. The predicted octanol–water partition coefficient (Wildman–Crippen LogP) is 0.947. The fourth-order valence-corrected chi connectivity index (χ4v) is 8.50. The zero-order chi connectivity index (χ0) is 23.5. The molecule has 0 aliphatic carbocycles. The fourth-order valence-electron chi connectivity index (χ4n) is 5.12. The van der Waals surface area contributed by atoms with Crippen LogP contribution >= 0.6 is 0 Å². The number of nitrogens with zero attached hydrogens (tertiary/aromatic N) is 4. The smallest absolute Gasteiger partial charge is 0.246 e. The molecule has 0 bridgehead atoms. The van der Waals surface area contributed by atoms with Gasteiger partial charge in [0.2, 0.25) is 26.0 Å². The van der Waals surface area contributed by atoms with Crippen LogP contribution in [-0.4, -0.2) is 74.3 Å². The molecule has 12 heteroatoms. The molecule has 3 aliphatic rings. The molecule has 1 fully saturated rings. The summed E-state index contributed by atoms with van der Waals surface area (Å²) in [5, 5.41) is 6.70. The number of rotatable bonds is 4. The Morgan fingerprint density at radius 3 is 2.12 bits per heavy atom. The number of anilines is 1. The molecule has 10 nitrogen and oxygen atoms in total. The third-order valence-electron chi connectivity index (χ3n) is 6.74. The summed E-state index contributed by atoms with van der Waals surface area (Å²) in [5.41, 5.74) is 3.54. The monoisotopic (exact) mass is 493 g/mol. The standard InChI is InChI=1S/C21H27N5O5S2/c1-14-21(15(2)23-22-14)33(30,31)25-8-3-7-24(10-11-25)32(28,29)18-12-16-4-5-19(27)26-9-6-17(13-18)20(16)26/h12-13H,3-11H2,1-2H3,(H,22,23). The highest BCUT2D eigenvalue weighted by Crippen LogP contribution is 2.39. The first-order valence-corrected chi connectivity index (χ1v) is 14.0. The van der Waals surface area contributed by atoms with Crippen molar-refractivity contribution in [1.29, 1.82) is 0 Å². The van der Waals surface area contributed by atoms with Crippen LogP contribution in [0.4, 0.5) is 5.69 Å². The first-order chi connectivity index (χ1) is 15.6. The Morgan fingerprint density at radius 1 is 0.848 bits per heavy atom. The first-order valence-electron chi connectivity index (χ1n) is 11.1. The van der Waals surface area contributed by atoms with E-state index in [0.29, 0.717) is 43.6 Å². The van der Waals surface area contributed by atoms with Crippen molar-refractivity contribution in [2.75, 3.05) is 37.6 Å². The lowest BCUT2D eigenvalue weighted by atomic mass is 10.00. The highest BCUT2D eigenvalue weighted by atomic mass is 32.2. The molecule has 1 aromatic carbocycles. The van der Waals surface area contributed by atoms with Gasteiger partial charge in [0.15, 0.2) is 0 Å². The minimum absolute atomic E-state index is 0.0751. The Bertz CT molecular complexity index is 1330. The summed E-state index contributed by atoms with van der Waals surface area (Å²) in [6.07, 6.45) is 1.97. The highest BCUT2D eigenvalue weighted by molar-refractivity contribution is 7.89. The van der Waals surface area contributed by atoms with E-state index >= 15 is 0 Å². The van der Waals surface area contributed by atoms with Crippen molar-refractivity contribution in [2.24, 2.45) is 0 Å². The van der Waals surface area contributed by atoms with Crippen molar-refractivity contribution in [3.8, 4) is 0 Å². The lowest BCUT2D eigenvalue weighted by molar-refractivity contribution is -0.118. The average Bonchev–Trinajstić information content (AvgIpc) is 3.24. The minimum atomic E-state index is -3.80. The van der Waals surface area contributed by atoms with E-state index in [0.717, 1.165) is 16.8 Å². The summed E-state index contributed by atoms with van der Waals surface area (Å²) >= 11 is 0. The zero-order valence-corrected chi connectivity index (χ0v) is 20.3. The molecule has 4 heterocycles. The van der Waals surface area contributed by atoms with Crippen LogP contribution in [0.15, 0.2) is 21.9 Å². The molecule has 3 aliphatic heterocycles. The third kappa shape index (κ3) is 3.59. The number of benzene rings is 1. The van der Waals surface area contributed by atoms with Crippen LogP contribution in [0.1, 0.15) is 35.4 Å². The van der Waals surface area contributed by atoms with Gasteiger partial charge in [-0.2, -0.15) is 13.7 Å². The maximum absolute atomic E-state index is 13.5. The molecular weight excluding hydrogens is 466 g/mol. The molecule has 33 heavy (non-hydrogen) atoms. The maximum Gasteiger partial charge on any atom is 0.246 e. The van der Waals surface area contributed by atoms with E-state index in [4.69, 9.17) is 0 Å². The number of H-pyrrole nitrogens is 1. The van der Waals surface area contributed by atoms with Crippen molar-refractivity contribution < 1.29 is 21.6 Å². The predicted molar refractivity (Wildman–Crippen MR) is 121 cm³/mol. The normalized spacial score (nSPS) is 20.2. The van der Waals surface area contributed by atoms with Crippen LogP contribution in [0.2, 0.25) is 0 Å². The number of carbonyl (C=O) groups is 1. The molecule has 1 saturated heterocycles. The van der Waals surface area contributed by atoms with Crippen LogP contribution in [0.25, 0.3) is 0 Å². The van der Waals surface area contributed by atoms with Gasteiger partial charge in [0, 0.05) is 39.1 Å². The van der Waals surface area contributed by atoms with Gasteiger partial charge in [-0.3, -0.25) is 9.89 Å². The van der Waals surface area contributed by atoms with Gasteiger partial charge in [-0.25, -0.2) is 16.8 Å². The topological polar surface area (TPSA) is 124 Å². The van der Waals surface area contributed by atoms with E-state index in [-0.39, 0.29) is 41.9 Å². The Labute approximate surface area is 193 Å². The molecule has 5 rings (SSSR count). The number of aromatic amines is 1. The largest absolute Gasteiger partial charge is 0.312 e. The van der Waals surface area contributed by atoms with Gasteiger partial charge >= 0.3 is 0 Å². The Hall–Kier alpha value is -2.28. The molecule has 1 aromatic heterocycles. The van der Waals surface area contributed by atoms with Crippen LogP contribution < -0.4 is 4.90 Å². The molecule has 0 spiro atoms. The van der Waals surface area contributed by atoms with Gasteiger partial charge in [-0.15, -0.1) is 0 Å². The molecular formula is C21H27N5O5S2. The Kier molecular flexibility index (Phi) is 5.39. The summed E-state index contributed by atoms with van der Waals surface area (Å²) in [6, 6.07) is 3.38. The number of hydrogen-bond acceptors (Lipinski definition) is 6. The number of aromatic nitrogens is 2. The molecule has 0 unspecified atom stereocenters. The Morgan fingerprint density at radius 2 is 1.48 bits per heavy atom. The van der Waals surface area contributed by atoms with Crippen LogP contribution in [0.3, 0.4) is 0 Å². The molecule has 0 atom stereocenters. The minimum Gasteiger partial charge on any atom is -0.312 e. The zero-order valence-electron chi connectivity index (χ0n) is 18.7. The Balaban J connectivity index is 1.41. The van der Waals surface area contributed by atoms with E-state index < -0.39 is 20.0 Å². The van der Waals surface area contributed by atoms with E-state index in [1.807, 2.05) is 0 Å². The number of nitrogens with one attached hydrogen (secondary N) is 1. The second-order valence-electron chi connectivity index (χ2n) is 8.81. The van der Waals surface area contributed by atoms with Crippen molar-refractivity contribution >= 4 is 31.6 Å². The van der Waals surface area contributed by atoms with E-state index in [9.17, 15) is 21.6 Å². The SMILES string of the molecule is Cc1n[nH]c(C)c1S(=O)(=O)N1CCCN(S(=O)(=O)c2cc3c4c(c2)CCN4C(=O)CC3)CC1. The molecule has 178 valence electrons. The van der Waals surface area contributed by atoms with Gasteiger partial charge in [0.05, 0.1) is 22.0 Å². The fraction of sp³-hybridized carbons (Fsp3) is 0.524. The van der Waals surface area contributed by atoms with Gasteiger partial charge in [0.1, 0.15) is 4.90 Å². The molecule has 1 amide bonds. The number of hydrogen-bond donors (Lipinski definition) is 1. The maximum atomic E-state index is 13.5. The third-order valence-corrected chi connectivity index (χ3v) is 10.8. The second-order valence-corrected chi connectivity index (χ2v) is 12.6. The van der Waals surface area contributed by atoms with Crippen molar-refractivity contribution in [2.45, 2.75) is 49.3 Å². The molecule has 2 aromatic rings. The van der Waals surface area contributed by atoms with E-state index in [2.05, 4.69) is 10.2 Å². The number of amides is 1. The van der Waals surface area contributed by atoms with Gasteiger partial charge in [-0.05, 0) is 56.4 Å². The lowest BCUT2D eigenvalue weighted by Gasteiger charge is -2.27. The molecule has 0 radical (unpaired) electrons. The summed E-state index contributed by atoms with van der Waals surface area (Å²) in [5.74, 6) is 0.0915. The quantitative estimate of drug-likeness (QED) is 0.676. The number of aryl methyl sites for hydroxylation is 3. The summed E-state index contributed by atoms with van der Waals surface area (Å²) in [7, 11) is -7.57. The van der Waals surface area contributed by atoms with Crippen LogP contribution in [0, 0.1) is 13.8 Å².